The van der Waals surface area contributed by atoms with E-state index in [-0.39, 0.29) is 30.2 Å². The third-order valence-corrected chi connectivity index (χ3v) is 6.41. The number of hydrogen-bond acceptors (Lipinski definition) is 5. The fourth-order valence-corrected chi connectivity index (χ4v) is 4.66. The van der Waals surface area contributed by atoms with E-state index in [9.17, 15) is 14.4 Å². The number of fused-ring (bicyclic) bond motifs is 1. The zero-order valence-electron chi connectivity index (χ0n) is 20.6. The summed E-state index contributed by atoms with van der Waals surface area (Å²) in [6.45, 7) is 12.5. The van der Waals surface area contributed by atoms with Gasteiger partial charge in [0, 0.05) is 37.6 Å². The van der Waals surface area contributed by atoms with Crippen LogP contribution in [0.5, 0.6) is 0 Å². The number of aliphatic imine (C=N–C) groups is 1. The van der Waals surface area contributed by atoms with E-state index in [2.05, 4.69) is 26.0 Å². The van der Waals surface area contributed by atoms with Crippen LogP contribution in [0.2, 0.25) is 0 Å². The molecule has 0 radical (unpaired) electrons. The molecule has 3 N–H and O–H groups in total. The second-order valence-electron chi connectivity index (χ2n) is 9.11. The van der Waals surface area contributed by atoms with Crippen LogP contribution in [0.1, 0.15) is 44.8 Å². The maximum Gasteiger partial charge on any atom is 0.267 e. The molecule has 2 aliphatic rings. The van der Waals surface area contributed by atoms with E-state index in [1.807, 2.05) is 4.90 Å². The highest BCUT2D eigenvalue weighted by atomic mass is 16.3. The zero-order chi connectivity index (χ0) is 25.7. The lowest BCUT2D eigenvalue weighted by molar-refractivity contribution is -0.140. The predicted molar refractivity (Wildman–Crippen MR) is 136 cm³/mol. The number of furan rings is 1. The molecule has 2 aromatic rings. The Hall–Kier alpha value is -4.07. The van der Waals surface area contributed by atoms with E-state index in [1.165, 1.54) is 6.92 Å². The molecule has 3 amide bonds. The van der Waals surface area contributed by atoms with Crippen LogP contribution in [0, 0.1) is 13.5 Å². The highest BCUT2D eigenvalue weighted by molar-refractivity contribution is 6.04. The van der Waals surface area contributed by atoms with Crippen LogP contribution < -0.4 is 16.1 Å². The summed E-state index contributed by atoms with van der Waals surface area (Å²) in [6.07, 6.45) is 4.12. The number of amides is 3. The van der Waals surface area contributed by atoms with Gasteiger partial charge in [-0.15, -0.1) is 0 Å². The van der Waals surface area contributed by atoms with Gasteiger partial charge in [-0.05, 0) is 57.2 Å². The minimum absolute atomic E-state index is 0.0261. The minimum atomic E-state index is -0.703. The van der Waals surface area contributed by atoms with E-state index in [4.69, 9.17) is 11.0 Å². The fourth-order valence-electron chi connectivity index (χ4n) is 4.66. The van der Waals surface area contributed by atoms with Gasteiger partial charge in [0.05, 0.1) is 12.2 Å². The molecular formula is C25H31N7O4. The second-order valence-corrected chi connectivity index (χ2v) is 9.11. The number of benzene rings is 1. The molecule has 2 saturated heterocycles. The van der Waals surface area contributed by atoms with Crippen molar-refractivity contribution < 1.29 is 18.8 Å². The van der Waals surface area contributed by atoms with E-state index in [0.29, 0.717) is 41.1 Å². The molecule has 36 heavy (non-hydrogen) atoms. The minimum Gasteiger partial charge on any atom is -0.459 e. The summed E-state index contributed by atoms with van der Waals surface area (Å²) in [5.41, 5.74) is 4.30. The number of nitrogens with one attached hydrogen (secondary N) is 3. The predicted octanol–water partition coefficient (Wildman–Crippen LogP) is 2.89. The normalized spacial score (nSPS) is 18.6. The average molecular weight is 494 g/mol. The third kappa shape index (κ3) is 5.76. The first kappa shape index (κ1) is 25.0. The fraction of sp³-hybridized carbons (Fsp3) is 0.480. The van der Waals surface area contributed by atoms with Crippen molar-refractivity contribution in [2.45, 2.75) is 52.0 Å². The number of guanidine groups is 1. The number of carbonyl (C=O) groups excluding carboxylic acids is 3. The van der Waals surface area contributed by atoms with Gasteiger partial charge in [0.25, 0.3) is 5.96 Å². The molecule has 2 fully saturated rings. The van der Waals surface area contributed by atoms with Crippen LogP contribution >= 0.6 is 0 Å². The number of rotatable bonds is 5. The lowest BCUT2D eigenvalue weighted by Crippen LogP contribution is -2.45. The average Bonchev–Trinajstić information content (AvgIpc) is 3.44. The maximum atomic E-state index is 13.3. The highest BCUT2D eigenvalue weighted by Crippen LogP contribution is 2.32. The lowest BCUT2D eigenvalue weighted by Gasteiger charge is -2.25. The Morgan fingerprint density at radius 2 is 1.92 bits per heavy atom. The first-order chi connectivity index (χ1) is 17.4. The van der Waals surface area contributed by atoms with Crippen LogP contribution in [0.15, 0.2) is 27.6 Å². The smallest absolute Gasteiger partial charge is 0.267 e. The standard InChI is InChI=1S/C25H31N7O4/c1-16-23(27-17(2)33)19-14-18(9-10-21(19)36-16)28-25(30-26-3)29-20-8-4-5-13-32(24(20)35)15-22(34)31-11-6-7-12-31/h9-10,14,20H,4-8,11-13,15H2,1-2H3,(H,27,33)(H2,28,29,30). The molecule has 1 aromatic heterocycles. The molecule has 1 unspecified atom stereocenters. The van der Waals surface area contributed by atoms with Gasteiger partial charge in [-0.3, -0.25) is 14.4 Å². The van der Waals surface area contributed by atoms with Crippen LogP contribution in [0.4, 0.5) is 11.4 Å². The molecular weight excluding hydrogens is 462 g/mol. The first-order valence-electron chi connectivity index (χ1n) is 12.2. The summed E-state index contributed by atoms with van der Waals surface area (Å²) in [5.74, 6) is 0.271. The summed E-state index contributed by atoms with van der Waals surface area (Å²) in [5, 5.41) is 6.56. The van der Waals surface area contributed by atoms with Gasteiger partial charge in [0.1, 0.15) is 17.4 Å². The monoisotopic (exact) mass is 493 g/mol. The molecule has 0 saturated carbocycles. The number of aryl methyl sites for hydroxylation is 1. The van der Waals surface area contributed by atoms with Gasteiger partial charge in [-0.25, -0.2) is 4.99 Å². The molecule has 0 bridgehead atoms. The van der Waals surface area contributed by atoms with Crippen molar-refractivity contribution in [3.8, 4) is 0 Å². The van der Waals surface area contributed by atoms with E-state index >= 15 is 0 Å². The van der Waals surface area contributed by atoms with Crippen molar-refractivity contribution in [2.75, 3.05) is 36.8 Å². The highest BCUT2D eigenvalue weighted by Gasteiger charge is 2.30. The third-order valence-electron chi connectivity index (χ3n) is 6.41. The Bertz CT molecular complexity index is 1220. The van der Waals surface area contributed by atoms with E-state index in [0.717, 1.165) is 38.8 Å². The molecule has 1 aromatic carbocycles. The Kier molecular flexibility index (Phi) is 7.73. The topological polar surface area (TPSA) is 124 Å². The Balaban J connectivity index is 1.53. The number of carbonyl (C=O) groups is 3. The second kappa shape index (κ2) is 11.1. The molecule has 4 rings (SSSR count). The Labute approximate surface area is 209 Å². The van der Waals surface area contributed by atoms with Gasteiger partial charge >= 0.3 is 0 Å². The zero-order valence-corrected chi connectivity index (χ0v) is 20.6. The van der Waals surface area contributed by atoms with Gasteiger partial charge in [0.2, 0.25) is 17.7 Å². The van der Waals surface area contributed by atoms with Gasteiger partial charge in [0.15, 0.2) is 0 Å². The SMILES string of the molecule is [C-]#[N+]NC(=NC1CCCCN(CC(=O)N2CCCC2)C1=O)Nc1ccc2oc(C)c(NC(C)=O)c2c1. The van der Waals surface area contributed by atoms with Gasteiger partial charge in [-0.1, -0.05) is 5.43 Å². The number of likely N-dealkylation sites (tertiary alicyclic amines) is 2. The van der Waals surface area contributed by atoms with Crippen LogP contribution in [0.3, 0.4) is 0 Å². The number of nitrogens with zero attached hydrogens (tertiary/aromatic N) is 4. The molecule has 11 nitrogen and oxygen atoms in total. The molecule has 11 heteroatoms. The molecule has 2 aliphatic heterocycles. The van der Waals surface area contributed by atoms with Crippen molar-refractivity contribution >= 4 is 46.0 Å². The first-order valence-corrected chi connectivity index (χ1v) is 12.2. The van der Waals surface area contributed by atoms with Crippen molar-refractivity contribution in [2.24, 2.45) is 4.99 Å². The molecule has 190 valence electrons. The summed E-state index contributed by atoms with van der Waals surface area (Å²) in [4.78, 5) is 48.7. The number of anilines is 2. The van der Waals surface area contributed by atoms with Crippen molar-refractivity contribution in [1.29, 1.82) is 0 Å². The van der Waals surface area contributed by atoms with Crippen LogP contribution in [-0.2, 0) is 14.4 Å². The van der Waals surface area contributed by atoms with Crippen molar-refractivity contribution in [3.63, 3.8) is 0 Å². The molecule has 1 atom stereocenters. The largest absolute Gasteiger partial charge is 0.459 e. The Morgan fingerprint density at radius 1 is 1.17 bits per heavy atom. The molecule has 3 heterocycles. The van der Waals surface area contributed by atoms with E-state index < -0.39 is 6.04 Å². The number of hydrogen-bond donors (Lipinski definition) is 3. The van der Waals surface area contributed by atoms with Crippen molar-refractivity contribution in [3.05, 3.63) is 35.5 Å². The van der Waals surface area contributed by atoms with Gasteiger partial charge in [-0.2, -0.15) is 11.5 Å². The van der Waals surface area contributed by atoms with Crippen molar-refractivity contribution in [1.82, 2.24) is 15.2 Å². The summed E-state index contributed by atoms with van der Waals surface area (Å²) < 4.78 is 5.72. The maximum absolute atomic E-state index is 13.3. The van der Waals surface area contributed by atoms with Crippen LogP contribution in [-0.4, -0.2) is 65.7 Å². The molecule has 0 aliphatic carbocycles. The van der Waals surface area contributed by atoms with Gasteiger partial charge < -0.3 is 24.9 Å². The summed E-state index contributed by atoms with van der Waals surface area (Å²) >= 11 is 0. The lowest BCUT2D eigenvalue weighted by atomic mass is 10.1. The molecule has 0 spiro atoms. The van der Waals surface area contributed by atoms with E-state index in [1.54, 1.807) is 30.0 Å². The Morgan fingerprint density at radius 3 is 2.64 bits per heavy atom. The summed E-state index contributed by atoms with van der Waals surface area (Å²) in [7, 11) is 0. The quantitative estimate of drug-likeness (QED) is 0.255. The summed E-state index contributed by atoms with van der Waals surface area (Å²) in [6, 6.07) is 4.60. The van der Waals surface area contributed by atoms with Crippen LogP contribution in [0.25, 0.3) is 15.9 Å².